The zero-order valence-corrected chi connectivity index (χ0v) is 12.9. The zero-order valence-electron chi connectivity index (χ0n) is 12.2. The van der Waals surface area contributed by atoms with Gasteiger partial charge in [0.1, 0.15) is 11.3 Å². The molecule has 1 heterocycles. The Bertz CT molecular complexity index is 705. The molecule has 3 nitrogen and oxygen atoms in total. The van der Waals surface area contributed by atoms with E-state index < -0.39 is 0 Å². The van der Waals surface area contributed by atoms with Gasteiger partial charge in [-0.25, -0.2) is 4.79 Å². The maximum absolute atomic E-state index is 12.0. The predicted octanol–water partition coefficient (Wildman–Crippen LogP) is 3.93. The molecule has 21 heavy (non-hydrogen) atoms. The number of halogens is 1. The van der Waals surface area contributed by atoms with Crippen LogP contribution in [-0.2, 0) is 12.8 Å². The van der Waals surface area contributed by atoms with Gasteiger partial charge in [0.2, 0.25) is 0 Å². The van der Waals surface area contributed by atoms with E-state index in [4.69, 9.17) is 20.8 Å². The number of aryl methyl sites for hydroxylation is 1. The van der Waals surface area contributed by atoms with Crippen molar-refractivity contribution in [3.05, 3.63) is 39.7 Å². The van der Waals surface area contributed by atoms with Gasteiger partial charge in [-0.2, -0.15) is 0 Å². The monoisotopic (exact) mass is 306 g/mol. The van der Waals surface area contributed by atoms with Crippen molar-refractivity contribution < 1.29 is 9.15 Å². The summed E-state index contributed by atoms with van der Waals surface area (Å²) in [5.41, 5.74) is 2.46. The van der Waals surface area contributed by atoms with Crippen molar-refractivity contribution in [1.82, 2.24) is 0 Å². The Balaban J connectivity index is 2.00. The highest BCUT2D eigenvalue weighted by Gasteiger charge is 2.18. The highest BCUT2D eigenvalue weighted by molar-refractivity contribution is 6.18. The Morgan fingerprint density at radius 2 is 2.05 bits per heavy atom. The van der Waals surface area contributed by atoms with Crippen LogP contribution in [-0.4, -0.2) is 12.5 Å². The van der Waals surface area contributed by atoms with Crippen molar-refractivity contribution >= 4 is 22.6 Å². The average Bonchev–Trinajstić information content (AvgIpc) is 2.53. The van der Waals surface area contributed by atoms with Gasteiger partial charge in [-0.15, -0.1) is 11.6 Å². The molecule has 0 saturated carbocycles. The highest BCUT2D eigenvalue weighted by Crippen LogP contribution is 2.29. The van der Waals surface area contributed by atoms with Crippen LogP contribution in [0, 0.1) is 5.92 Å². The fraction of sp³-hybridized carbons (Fsp3) is 0.471. The Kier molecular flexibility index (Phi) is 4.20. The summed E-state index contributed by atoms with van der Waals surface area (Å²) in [5, 5.41) is 1.01. The van der Waals surface area contributed by atoms with Crippen LogP contribution in [0.2, 0.25) is 0 Å². The molecule has 0 unspecified atom stereocenters. The van der Waals surface area contributed by atoms with Crippen molar-refractivity contribution in [1.29, 1.82) is 0 Å². The largest absolute Gasteiger partial charge is 0.493 e. The predicted molar refractivity (Wildman–Crippen MR) is 84.5 cm³/mol. The Hall–Kier alpha value is -1.48. The fourth-order valence-corrected chi connectivity index (χ4v) is 2.89. The standard InChI is InChI=1S/C17H19ClO3/c1-11(9-18)10-20-12-6-7-16-15(8-12)13-4-2-3-5-14(13)17(19)21-16/h6-8,11H,2-5,9-10H2,1H3/t11-/m0/s1. The number of fused-ring (bicyclic) bond motifs is 3. The van der Waals surface area contributed by atoms with E-state index >= 15 is 0 Å². The molecule has 0 amide bonds. The smallest absolute Gasteiger partial charge is 0.339 e. The Morgan fingerprint density at radius 3 is 2.81 bits per heavy atom. The normalized spacial score (nSPS) is 15.7. The van der Waals surface area contributed by atoms with Crippen LogP contribution in [0.3, 0.4) is 0 Å². The van der Waals surface area contributed by atoms with Crippen LogP contribution >= 0.6 is 11.6 Å². The second-order valence-corrected chi connectivity index (χ2v) is 6.09. The van der Waals surface area contributed by atoms with Gasteiger partial charge in [0.25, 0.3) is 0 Å². The summed E-state index contributed by atoms with van der Waals surface area (Å²) in [5.74, 6) is 1.70. The third-order valence-corrected chi connectivity index (χ3v) is 4.52. The van der Waals surface area contributed by atoms with Gasteiger partial charge >= 0.3 is 5.63 Å². The van der Waals surface area contributed by atoms with Crippen molar-refractivity contribution in [2.24, 2.45) is 5.92 Å². The highest BCUT2D eigenvalue weighted by atomic mass is 35.5. The summed E-state index contributed by atoms with van der Waals surface area (Å²) in [6, 6.07) is 5.66. The summed E-state index contributed by atoms with van der Waals surface area (Å²) in [6.07, 6.45) is 3.95. The van der Waals surface area contributed by atoms with Gasteiger partial charge in [-0.05, 0) is 49.4 Å². The molecular weight excluding hydrogens is 288 g/mol. The van der Waals surface area contributed by atoms with Crippen molar-refractivity contribution in [2.45, 2.75) is 32.6 Å². The summed E-state index contributed by atoms with van der Waals surface area (Å²) >= 11 is 5.80. The van der Waals surface area contributed by atoms with Gasteiger partial charge in [-0.1, -0.05) is 6.92 Å². The van der Waals surface area contributed by atoms with Crippen molar-refractivity contribution in [3.63, 3.8) is 0 Å². The van der Waals surface area contributed by atoms with Gasteiger partial charge in [0.15, 0.2) is 0 Å². The number of rotatable bonds is 4. The van der Waals surface area contributed by atoms with E-state index in [1.165, 1.54) is 0 Å². The quantitative estimate of drug-likeness (QED) is 0.635. The van der Waals surface area contributed by atoms with E-state index in [1.54, 1.807) is 0 Å². The van der Waals surface area contributed by atoms with E-state index in [9.17, 15) is 4.79 Å². The van der Waals surface area contributed by atoms with Gasteiger partial charge in [-0.3, -0.25) is 0 Å². The first-order chi connectivity index (χ1) is 10.2. The third-order valence-electron chi connectivity index (χ3n) is 3.99. The summed E-state index contributed by atoms with van der Waals surface area (Å²) in [4.78, 5) is 12.0. The molecule has 0 spiro atoms. The first-order valence-electron chi connectivity index (χ1n) is 7.46. The minimum atomic E-state index is -0.179. The van der Waals surface area contributed by atoms with E-state index in [0.29, 0.717) is 24.0 Å². The van der Waals surface area contributed by atoms with Gasteiger partial charge < -0.3 is 9.15 Å². The summed E-state index contributed by atoms with van der Waals surface area (Å²) < 4.78 is 11.2. The lowest BCUT2D eigenvalue weighted by atomic mass is 9.90. The third kappa shape index (κ3) is 2.93. The van der Waals surface area contributed by atoms with Crippen LogP contribution in [0.4, 0.5) is 0 Å². The maximum atomic E-state index is 12.0. The molecule has 2 aromatic rings. The Labute approximate surface area is 128 Å². The van der Waals surface area contributed by atoms with Crippen LogP contribution in [0.15, 0.2) is 27.4 Å². The molecular formula is C17H19ClO3. The lowest BCUT2D eigenvalue weighted by Gasteiger charge is -2.17. The molecule has 0 bridgehead atoms. The maximum Gasteiger partial charge on any atom is 0.339 e. The molecule has 1 atom stereocenters. The van der Waals surface area contributed by atoms with Crippen LogP contribution in [0.5, 0.6) is 5.75 Å². The molecule has 1 aliphatic carbocycles. The van der Waals surface area contributed by atoms with Gasteiger partial charge in [0, 0.05) is 22.7 Å². The first-order valence-corrected chi connectivity index (χ1v) is 8.00. The van der Waals surface area contributed by atoms with E-state index in [1.807, 2.05) is 18.2 Å². The average molecular weight is 307 g/mol. The van der Waals surface area contributed by atoms with E-state index in [-0.39, 0.29) is 5.63 Å². The topological polar surface area (TPSA) is 39.4 Å². The van der Waals surface area contributed by atoms with Crippen LogP contribution in [0.25, 0.3) is 11.0 Å². The van der Waals surface area contributed by atoms with Crippen LogP contribution < -0.4 is 10.4 Å². The van der Waals surface area contributed by atoms with Gasteiger partial charge in [0.05, 0.1) is 6.61 Å². The van der Waals surface area contributed by atoms with Crippen molar-refractivity contribution in [3.8, 4) is 5.75 Å². The molecule has 1 aromatic heterocycles. The number of hydrogen-bond acceptors (Lipinski definition) is 3. The Morgan fingerprint density at radius 1 is 1.29 bits per heavy atom. The summed E-state index contributed by atoms with van der Waals surface area (Å²) in [6.45, 7) is 2.64. The molecule has 0 aliphatic heterocycles. The molecule has 1 aliphatic rings. The minimum Gasteiger partial charge on any atom is -0.493 e. The lowest BCUT2D eigenvalue weighted by molar-refractivity contribution is 0.273. The number of alkyl halides is 1. The van der Waals surface area contributed by atoms with Crippen LogP contribution in [0.1, 0.15) is 30.9 Å². The lowest BCUT2D eigenvalue weighted by Crippen LogP contribution is -2.16. The molecule has 4 heteroatoms. The molecule has 3 rings (SSSR count). The zero-order chi connectivity index (χ0) is 14.8. The van der Waals surface area contributed by atoms with E-state index in [2.05, 4.69) is 6.92 Å². The fourth-order valence-electron chi connectivity index (χ4n) is 2.80. The van der Waals surface area contributed by atoms with Crippen molar-refractivity contribution in [2.75, 3.05) is 12.5 Å². The number of benzene rings is 1. The molecule has 0 fully saturated rings. The van der Waals surface area contributed by atoms with E-state index in [0.717, 1.165) is 47.9 Å². The SMILES string of the molecule is C[C@@H](CCl)COc1ccc2oc(=O)c3c(c2c1)CCCC3. The molecule has 112 valence electrons. The second kappa shape index (κ2) is 6.10. The molecule has 0 N–H and O–H groups in total. The second-order valence-electron chi connectivity index (χ2n) is 5.78. The number of hydrogen-bond donors (Lipinski definition) is 0. The number of ether oxygens (including phenoxy) is 1. The first kappa shape index (κ1) is 14.5. The molecule has 0 radical (unpaired) electrons. The summed E-state index contributed by atoms with van der Waals surface area (Å²) in [7, 11) is 0. The molecule has 0 saturated heterocycles. The minimum absolute atomic E-state index is 0.179. The molecule has 1 aromatic carbocycles.